The molecule has 1 aliphatic rings. The number of allylic oxidation sites excluding steroid dienone is 1. The number of para-hydroxylation sites is 1. The third kappa shape index (κ3) is 3.49. The van der Waals surface area contributed by atoms with Crippen molar-refractivity contribution in [1.82, 2.24) is 10.6 Å². The van der Waals surface area contributed by atoms with Crippen LogP contribution in [-0.4, -0.2) is 11.9 Å². The SMILES string of the molecule is CC1=C(C(=O)Nc2ccccc2)C(c2c(F)cccc2Cl)NC(=O)N1. The van der Waals surface area contributed by atoms with Crippen LogP contribution >= 0.6 is 11.6 Å². The smallest absolute Gasteiger partial charge is 0.319 e. The fraction of sp³-hybridized carbons (Fsp3) is 0.111. The van der Waals surface area contributed by atoms with Crippen LogP contribution in [0.3, 0.4) is 0 Å². The number of hydrogen-bond donors (Lipinski definition) is 3. The van der Waals surface area contributed by atoms with Crippen molar-refractivity contribution >= 4 is 29.2 Å². The van der Waals surface area contributed by atoms with Gasteiger partial charge in [-0.2, -0.15) is 0 Å². The Hall–Kier alpha value is -2.86. The molecular formula is C18H15ClFN3O2. The van der Waals surface area contributed by atoms with E-state index in [2.05, 4.69) is 16.0 Å². The molecule has 5 nitrogen and oxygen atoms in total. The Labute approximate surface area is 148 Å². The van der Waals surface area contributed by atoms with Crippen LogP contribution in [0.4, 0.5) is 14.9 Å². The third-order valence-corrected chi connectivity index (χ3v) is 4.16. The first-order valence-electron chi connectivity index (χ1n) is 7.56. The maximum atomic E-state index is 14.3. The lowest BCUT2D eigenvalue weighted by molar-refractivity contribution is -0.113. The fourth-order valence-corrected chi connectivity index (χ4v) is 2.99. The van der Waals surface area contributed by atoms with Gasteiger partial charge in [0.25, 0.3) is 5.91 Å². The zero-order chi connectivity index (χ0) is 18.0. The molecule has 0 saturated heterocycles. The quantitative estimate of drug-likeness (QED) is 0.781. The summed E-state index contributed by atoms with van der Waals surface area (Å²) in [5, 5.41) is 7.98. The molecule has 3 N–H and O–H groups in total. The molecule has 7 heteroatoms. The van der Waals surface area contributed by atoms with Crippen LogP contribution < -0.4 is 16.0 Å². The normalized spacial score (nSPS) is 16.9. The van der Waals surface area contributed by atoms with Crippen LogP contribution in [-0.2, 0) is 4.79 Å². The average molecular weight is 360 g/mol. The van der Waals surface area contributed by atoms with E-state index in [1.807, 2.05) is 6.07 Å². The fourth-order valence-electron chi connectivity index (χ4n) is 2.72. The van der Waals surface area contributed by atoms with Gasteiger partial charge in [-0.25, -0.2) is 9.18 Å². The maximum Gasteiger partial charge on any atom is 0.319 e. The highest BCUT2D eigenvalue weighted by Crippen LogP contribution is 2.33. The number of rotatable bonds is 3. The minimum atomic E-state index is -0.994. The van der Waals surface area contributed by atoms with Crippen molar-refractivity contribution in [2.45, 2.75) is 13.0 Å². The maximum absolute atomic E-state index is 14.3. The number of amides is 3. The summed E-state index contributed by atoms with van der Waals surface area (Å²) in [7, 11) is 0. The van der Waals surface area contributed by atoms with Crippen LogP contribution in [0.1, 0.15) is 18.5 Å². The van der Waals surface area contributed by atoms with E-state index in [0.717, 1.165) is 0 Å². The van der Waals surface area contributed by atoms with Gasteiger partial charge in [-0.05, 0) is 31.2 Å². The lowest BCUT2D eigenvalue weighted by atomic mass is 9.94. The van der Waals surface area contributed by atoms with Crippen molar-refractivity contribution in [1.29, 1.82) is 0 Å². The molecule has 1 unspecified atom stereocenters. The van der Waals surface area contributed by atoms with Gasteiger partial charge in [0, 0.05) is 22.0 Å². The highest BCUT2D eigenvalue weighted by atomic mass is 35.5. The van der Waals surface area contributed by atoms with Gasteiger partial charge in [0.2, 0.25) is 0 Å². The van der Waals surface area contributed by atoms with Gasteiger partial charge in [-0.3, -0.25) is 4.79 Å². The predicted molar refractivity (Wildman–Crippen MR) is 93.6 cm³/mol. The molecule has 3 rings (SSSR count). The van der Waals surface area contributed by atoms with Crippen LogP contribution in [0.2, 0.25) is 5.02 Å². The minimum Gasteiger partial charge on any atom is -0.327 e. The van der Waals surface area contributed by atoms with E-state index in [0.29, 0.717) is 11.4 Å². The van der Waals surface area contributed by atoms with Crippen molar-refractivity contribution in [2.24, 2.45) is 0 Å². The Morgan fingerprint density at radius 2 is 1.88 bits per heavy atom. The van der Waals surface area contributed by atoms with Gasteiger partial charge >= 0.3 is 6.03 Å². The van der Waals surface area contributed by atoms with Gasteiger partial charge in [0.15, 0.2) is 0 Å². The summed E-state index contributed by atoms with van der Waals surface area (Å²) >= 11 is 6.12. The lowest BCUT2D eigenvalue weighted by Crippen LogP contribution is -2.46. The summed E-state index contributed by atoms with van der Waals surface area (Å²) in [4.78, 5) is 24.6. The van der Waals surface area contributed by atoms with Crippen LogP contribution in [0.25, 0.3) is 0 Å². The summed E-state index contributed by atoms with van der Waals surface area (Å²) in [6.07, 6.45) is 0. The molecule has 1 aliphatic heterocycles. The molecule has 0 saturated carbocycles. The molecule has 128 valence electrons. The Kier molecular flexibility index (Phi) is 4.72. The highest BCUT2D eigenvalue weighted by molar-refractivity contribution is 6.31. The molecule has 0 radical (unpaired) electrons. The molecule has 0 bridgehead atoms. The standard InChI is InChI=1S/C18H15ClFN3O2/c1-10-14(17(24)22-11-6-3-2-4-7-11)16(23-18(25)21-10)15-12(19)8-5-9-13(15)20/h2-9,16H,1H3,(H,22,24)(H2,21,23,25). The number of carbonyl (C=O) groups excluding carboxylic acids is 2. The topological polar surface area (TPSA) is 70.2 Å². The van der Waals surface area contributed by atoms with E-state index in [1.54, 1.807) is 31.2 Å². The van der Waals surface area contributed by atoms with Gasteiger partial charge in [0.1, 0.15) is 5.82 Å². The van der Waals surface area contributed by atoms with Crippen molar-refractivity contribution in [2.75, 3.05) is 5.32 Å². The molecule has 1 heterocycles. The van der Waals surface area contributed by atoms with Crippen LogP contribution in [0, 0.1) is 5.82 Å². The summed E-state index contributed by atoms with van der Waals surface area (Å²) in [6, 6.07) is 11.5. The van der Waals surface area contributed by atoms with Crippen molar-refractivity contribution in [3.05, 3.63) is 76.2 Å². The first-order chi connectivity index (χ1) is 12.0. The number of halogens is 2. The zero-order valence-corrected chi connectivity index (χ0v) is 14.0. The Morgan fingerprint density at radius 1 is 1.16 bits per heavy atom. The van der Waals surface area contributed by atoms with Gasteiger partial charge in [-0.1, -0.05) is 35.9 Å². The molecular weight excluding hydrogens is 345 g/mol. The van der Waals surface area contributed by atoms with Gasteiger partial charge < -0.3 is 16.0 Å². The second-order valence-corrected chi connectivity index (χ2v) is 5.93. The number of hydrogen-bond acceptors (Lipinski definition) is 2. The molecule has 0 fully saturated rings. The summed E-state index contributed by atoms with van der Waals surface area (Å²) in [5.74, 6) is -1.06. The summed E-state index contributed by atoms with van der Waals surface area (Å²) in [5.41, 5.74) is 1.16. The van der Waals surface area contributed by atoms with Crippen molar-refractivity contribution in [3.8, 4) is 0 Å². The number of benzene rings is 2. The van der Waals surface area contributed by atoms with E-state index < -0.39 is 23.8 Å². The monoisotopic (exact) mass is 359 g/mol. The Balaban J connectivity index is 2.02. The van der Waals surface area contributed by atoms with E-state index >= 15 is 0 Å². The molecule has 0 aromatic heterocycles. The molecule has 3 amide bonds. The van der Waals surface area contributed by atoms with Crippen molar-refractivity contribution in [3.63, 3.8) is 0 Å². The van der Waals surface area contributed by atoms with Gasteiger partial charge in [0.05, 0.1) is 11.6 Å². The van der Waals surface area contributed by atoms with Crippen LogP contribution in [0.5, 0.6) is 0 Å². The first-order valence-corrected chi connectivity index (χ1v) is 7.93. The molecule has 2 aromatic carbocycles. The average Bonchev–Trinajstić information content (AvgIpc) is 2.55. The molecule has 0 aliphatic carbocycles. The number of urea groups is 1. The zero-order valence-electron chi connectivity index (χ0n) is 13.3. The number of carbonyl (C=O) groups is 2. The van der Waals surface area contributed by atoms with E-state index in [-0.39, 0.29) is 16.2 Å². The third-order valence-electron chi connectivity index (χ3n) is 3.83. The number of nitrogens with one attached hydrogen (secondary N) is 3. The van der Waals surface area contributed by atoms with E-state index in [9.17, 15) is 14.0 Å². The van der Waals surface area contributed by atoms with E-state index in [4.69, 9.17) is 11.6 Å². The second-order valence-electron chi connectivity index (χ2n) is 5.53. The Bertz CT molecular complexity index is 848. The summed E-state index contributed by atoms with van der Waals surface area (Å²) in [6.45, 7) is 1.58. The second kappa shape index (κ2) is 6.94. The predicted octanol–water partition coefficient (Wildman–Crippen LogP) is 3.75. The minimum absolute atomic E-state index is 0.0524. The molecule has 0 spiro atoms. The molecule has 1 atom stereocenters. The molecule has 2 aromatic rings. The highest BCUT2D eigenvalue weighted by Gasteiger charge is 2.34. The van der Waals surface area contributed by atoms with E-state index in [1.165, 1.54) is 18.2 Å². The first kappa shape index (κ1) is 17.0. The van der Waals surface area contributed by atoms with Crippen LogP contribution in [0.15, 0.2) is 59.8 Å². The number of anilines is 1. The van der Waals surface area contributed by atoms with Crippen molar-refractivity contribution < 1.29 is 14.0 Å². The van der Waals surface area contributed by atoms with Gasteiger partial charge in [-0.15, -0.1) is 0 Å². The summed E-state index contributed by atoms with van der Waals surface area (Å²) < 4.78 is 14.3. The lowest BCUT2D eigenvalue weighted by Gasteiger charge is -2.29. The molecule has 25 heavy (non-hydrogen) atoms. The largest absolute Gasteiger partial charge is 0.327 e. The Morgan fingerprint density at radius 3 is 2.56 bits per heavy atom.